The van der Waals surface area contributed by atoms with Gasteiger partial charge in [0.15, 0.2) is 6.61 Å². The van der Waals surface area contributed by atoms with Gasteiger partial charge in [0, 0.05) is 39.3 Å². The highest BCUT2D eigenvalue weighted by Crippen LogP contribution is 2.16. The van der Waals surface area contributed by atoms with Gasteiger partial charge in [-0.25, -0.2) is 13.1 Å². The van der Waals surface area contributed by atoms with E-state index in [-0.39, 0.29) is 17.4 Å². The van der Waals surface area contributed by atoms with Crippen molar-refractivity contribution in [1.29, 1.82) is 0 Å². The summed E-state index contributed by atoms with van der Waals surface area (Å²) in [5.41, 5.74) is 1.18. The molecule has 0 bridgehead atoms. The molecule has 0 radical (unpaired) electrons. The number of benzene rings is 2. The van der Waals surface area contributed by atoms with Crippen molar-refractivity contribution in [2.75, 3.05) is 45.9 Å². The van der Waals surface area contributed by atoms with Crippen molar-refractivity contribution in [2.45, 2.75) is 18.2 Å². The molecule has 1 aliphatic heterocycles. The maximum atomic E-state index is 12.5. The number of hydrogen-bond donors (Lipinski definition) is 1. The van der Waals surface area contributed by atoms with E-state index < -0.39 is 10.0 Å². The van der Waals surface area contributed by atoms with E-state index in [2.05, 4.69) is 33.9 Å². The number of sulfonamides is 1. The van der Waals surface area contributed by atoms with Crippen LogP contribution in [0.5, 0.6) is 5.75 Å². The van der Waals surface area contributed by atoms with Crippen molar-refractivity contribution in [2.24, 2.45) is 0 Å². The molecule has 1 aliphatic rings. The molecule has 2 aromatic carbocycles. The Morgan fingerprint density at radius 1 is 1.03 bits per heavy atom. The Kier molecular flexibility index (Phi) is 8.84. The fourth-order valence-corrected chi connectivity index (χ4v) is 4.49. The Balaban J connectivity index is 1.40. The Morgan fingerprint density at radius 3 is 2.38 bits per heavy atom. The van der Waals surface area contributed by atoms with Crippen LogP contribution in [0.2, 0.25) is 0 Å². The maximum absolute atomic E-state index is 12.5. The molecule has 0 aromatic heterocycles. The minimum atomic E-state index is -3.51. The average Bonchev–Trinajstić information content (AvgIpc) is 2.82. The van der Waals surface area contributed by atoms with Gasteiger partial charge in [0.25, 0.3) is 5.91 Å². The van der Waals surface area contributed by atoms with Crippen molar-refractivity contribution < 1.29 is 17.9 Å². The highest BCUT2D eigenvalue weighted by atomic mass is 32.2. The lowest BCUT2D eigenvalue weighted by Crippen LogP contribution is -2.49. The summed E-state index contributed by atoms with van der Waals surface area (Å²) >= 11 is 0. The summed E-state index contributed by atoms with van der Waals surface area (Å²) < 4.78 is 32.3. The van der Waals surface area contributed by atoms with Crippen molar-refractivity contribution in [3.63, 3.8) is 0 Å². The average molecular weight is 458 g/mol. The Labute approximate surface area is 190 Å². The van der Waals surface area contributed by atoms with Gasteiger partial charge in [-0.15, -0.1) is 0 Å². The van der Waals surface area contributed by atoms with E-state index in [9.17, 15) is 13.2 Å². The van der Waals surface area contributed by atoms with Crippen LogP contribution >= 0.6 is 0 Å². The van der Waals surface area contributed by atoms with Gasteiger partial charge < -0.3 is 9.64 Å². The minimum absolute atomic E-state index is 0.0614. The van der Waals surface area contributed by atoms with Crippen LogP contribution in [0.1, 0.15) is 18.9 Å². The largest absolute Gasteiger partial charge is 0.484 e. The fourth-order valence-electron chi connectivity index (χ4n) is 3.35. The number of carbonyl (C=O) groups is 1. The first-order chi connectivity index (χ1) is 15.5. The molecule has 1 N–H and O–H groups in total. The topological polar surface area (TPSA) is 78.9 Å². The van der Waals surface area contributed by atoms with Crippen LogP contribution in [-0.2, 0) is 14.8 Å². The molecular formula is C24H31N3O4S. The molecule has 0 spiro atoms. The molecule has 1 amide bonds. The van der Waals surface area contributed by atoms with Crippen LogP contribution in [0, 0.1) is 0 Å². The van der Waals surface area contributed by atoms with Crippen LogP contribution < -0.4 is 9.46 Å². The molecule has 0 unspecified atom stereocenters. The lowest BCUT2D eigenvalue weighted by Gasteiger charge is -2.34. The summed E-state index contributed by atoms with van der Waals surface area (Å²) in [6, 6.07) is 16.3. The van der Waals surface area contributed by atoms with Crippen molar-refractivity contribution in [3.05, 3.63) is 66.2 Å². The Morgan fingerprint density at radius 2 is 1.72 bits per heavy atom. The Bertz CT molecular complexity index is 984. The summed E-state index contributed by atoms with van der Waals surface area (Å²) in [4.78, 5) is 16.8. The van der Waals surface area contributed by atoms with Crippen LogP contribution in [0.4, 0.5) is 0 Å². The number of piperazine rings is 1. The van der Waals surface area contributed by atoms with Gasteiger partial charge in [0.2, 0.25) is 10.0 Å². The third-order valence-electron chi connectivity index (χ3n) is 5.24. The highest BCUT2D eigenvalue weighted by molar-refractivity contribution is 7.89. The van der Waals surface area contributed by atoms with Crippen LogP contribution in [-0.4, -0.2) is 70.0 Å². The molecule has 8 heteroatoms. The smallest absolute Gasteiger partial charge is 0.260 e. The van der Waals surface area contributed by atoms with E-state index in [0.717, 1.165) is 26.1 Å². The van der Waals surface area contributed by atoms with Crippen LogP contribution in [0.15, 0.2) is 65.6 Å². The molecule has 3 rings (SSSR count). The van der Waals surface area contributed by atoms with Gasteiger partial charge in [0.05, 0.1) is 4.90 Å². The van der Waals surface area contributed by atoms with Gasteiger partial charge in [-0.3, -0.25) is 9.69 Å². The van der Waals surface area contributed by atoms with E-state index in [0.29, 0.717) is 25.4 Å². The second-order valence-electron chi connectivity index (χ2n) is 7.65. The first-order valence-corrected chi connectivity index (χ1v) is 12.4. The van der Waals surface area contributed by atoms with E-state index in [1.54, 1.807) is 12.1 Å². The van der Waals surface area contributed by atoms with Gasteiger partial charge in [0.1, 0.15) is 5.75 Å². The molecule has 2 aromatic rings. The lowest BCUT2D eigenvalue weighted by molar-refractivity contribution is -0.135. The second kappa shape index (κ2) is 11.8. The number of nitrogens with one attached hydrogen (secondary N) is 1. The normalized spacial score (nSPS) is 15.2. The first kappa shape index (κ1) is 24.0. The molecule has 1 fully saturated rings. The van der Waals surface area contributed by atoms with Crippen LogP contribution in [0.25, 0.3) is 6.08 Å². The van der Waals surface area contributed by atoms with Crippen molar-refractivity contribution in [1.82, 2.24) is 14.5 Å². The van der Waals surface area contributed by atoms with Gasteiger partial charge in [-0.05, 0) is 36.2 Å². The molecule has 1 heterocycles. The summed E-state index contributed by atoms with van der Waals surface area (Å²) in [5, 5.41) is 0. The molecular weight excluding hydrogens is 426 g/mol. The second-order valence-corrected chi connectivity index (χ2v) is 9.42. The van der Waals surface area contributed by atoms with E-state index in [1.807, 2.05) is 30.0 Å². The van der Waals surface area contributed by atoms with E-state index in [1.165, 1.54) is 17.7 Å². The summed E-state index contributed by atoms with van der Waals surface area (Å²) in [6.07, 6.45) is 4.99. The number of hydrogen-bond acceptors (Lipinski definition) is 5. The standard InChI is InChI=1S/C24H31N3O4S/c1-2-14-25-32(29,30)23-12-10-22(11-13-23)31-20-24(28)27-18-16-26(17-19-27)15-6-9-21-7-4-3-5-8-21/h3-13,25H,2,14-20H2,1H3/b9-6+. The molecule has 32 heavy (non-hydrogen) atoms. The molecule has 7 nitrogen and oxygen atoms in total. The van der Waals surface area contributed by atoms with Gasteiger partial charge >= 0.3 is 0 Å². The highest BCUT2D eigenvalue weighted by Gasteiger charge is 2.21. The lowest BCUT2D eigenvalue weighted by atomic mass is 10.2. The zero-order valence-electron chi connectivity index (χ0n) is 18.4. The monoisotopic (exact) mass is 457 g/mol. The summed E-state index contributed by atoms with van der Waals surface area (Å²) in [5.74, 6) is 0.406. The first-order valence-electron chi connectivity index (χ1n) is 10.9. The number of amides is 1. The van der Waals surface area contributed by atoms with Gasteiger partial charge in [-0.2, -0.15) is 0 Å². The van der Waals surface area contributed by atoms with E-state index >= 15 is 0 Å². The van der Waals surface area contributed by atoms with E-state index in [4.69, 9.17) is 4.74 Å². The molecule has 0 aliphatic carbocycles. The molecule has 0 saturated carbocycles. The third kappa shape index (κ3) is 7.19. The maximum Gasteiger partial charge on any atom is 0.260 e. The third-order valence-corrected chi connectivity index (χ3v) is 6.71. The molecule has 172 valence electrons. The van der Waals surface area contributed by atoms with Gasteiger partial charge in [-0.1, -0.05) is 49.4 Å². The summed E-state index contributed by atoms with van der Waals surface area (Å²) in [6.45, 7) is 6.07. The fraction of sp³-hybridized carbons (Fsp3) is 0.375. The number of ether oxygens (including phenoxy) is 1. The number of rotatable bonds is 10. The Hall–Kier alpha value is -2.68. The van der Waals surface area contributed by atoms with Crippen molar-refractivity contribution in [3.8, 4) is 5.75 Å². The predicted molar refractivity (Wildman–Crippen MR) is 126 cm³/mol. The van der Waals surface area contributed by atoms with Crippen LogP contribution in [0.3, 0.4) is 0 Å². The predicted octanol–water partition coefficient (Wildman–Crippen LogP) is 2.61. The number of nitrogens with zero attached hydrogens (tertiary/aromatic N) is 2. The quantitative estimate of drug-likeness (QED) is 0.593. The summed E-state index contributed by atoms with van der Waals surface area (Å²) in [7, 11) is -3.51. The number of carbonyl (C=O) groups excluding carboxylic acids is 1. The minimum Gasteiger partial charge on any atom is -0.484 e. The SMILES string of the molecule is CCCNS(=O)(=O)c1ccc(OCC(=O)N2CCN(C/C=C/c3ccccc3)CC2)cc1. The van der Waals surface area contributed by atoms with Crippen molar-refractivity contribution >= 4 is 22.0 Å². The molecule has 1 saturated heterocycles. The molecule has 0 atom stereocenters. The zero-order chi connectivity index (χ0) is 22.8. The zero-order valence-corrected chi connectivity index (χ0v) is 19.3.